The normalized spacial score (nSPS) is 15.0. The maximum atomic E-state index is 11.6. The third-order valence-corrected chi connectivity index (χ3v) is 5.54. The largest absolute Gasteiger partial charge is 0.356 e. The topological polar surface area (TPSA) is 75.9 Å². The van der Waals surface area contributed by atoms with Crippen LogP contribution in [0.2, 0.25) is 0 Å². The lowest BCUT2D eigenvalue weighted by Gasteiger charge is -2.28. The average Bonchev–Trinajstić information content (AvgIpc) is 3.09. The smallest absolute Gasteiger partial charge is 0.243 e. The fraction of sp³-hybridized carbons (Fsp3) is 0.579. The first kappa shape index (κ1) is 19.7. The summed E-state index contributed by atoms with van der Waals surface area (Å²) in [5.41, 5.74) is 0.851. The summed E-state index contributed by atoms with van der Waals surface area (Å²) in [6.07, 6.45) is 9.89. The first-order chi connectivity index (χ1) is 13.2. The number of thioether (sulfide) groups is 1. The van der Waals surface area contributed by atoms with E-state index in [-0.39, 0.29) is 5.91 Å². The van der Waals surface area contributed by atoms with Crippen molar-refractivity contribution in [3.8, 4) is 0 Å². The van der Waals surface area contributed by atoms with Gasteiger partial charge in [-0.15, -0.1) is 0 Å². The van der Waals surface area contributed by atoms with Crippen LogP contribution in [0.5, 0.6) is 0 Å². The van der Waals surface area contributed by atoms with Crippen LogP contribution in [0.25, 0.3) is 11.0 Å². The van der Waals surface area contributed by atoms with Gasteiger partial charge < -0.3 is 10.2 Å². The van der Waals surface area contributed by atoms with E-state index >= 15 is 0 Å². The molecule has 1 aliphatic heterocycles. The van der Waals surface area contributed by atoms with Crippen molar-refractivity contribution in [1.29, 1.82) is 0 Å². The molecule has 8 heteroatoms. The van der Waals surface area contributed by atoms with Gasteiger partial charge in [0.1, 0.15) is 5.82 Å². The lowest BCUT2D eigenvalue weighted by Crippen LogP contribution is -2.30. The fourth-order valence-electron chi connectivity index (χ4n) is 3.18. The Morgan fingerprint density at radius 2 is 2.11 bits per heavy atom. The summed E-state index contributed by atoms with van der Waals surface area (Å²) >= 11 is 1.69. The summed E-state index contributed by atoms with van der Waals surface area (Å²) in [6.45, 7) is 7.16. The van der Waals surface area contributed by atoms with Crippen molar-refractivity contribution < 1.29 is 4.79 Å². The molecule has 3 heterocycles. The highest BCUT2D eigenvalue weighted by Gasteiger charge is 2.19. The Bertz CT molecular complexity index is 797. The van der Waals surface area contributed by atoms with Crippen LogP contribution in [0, 0.1) is 0 Å². The monoisotopic (exact) mass is 388 g/mol. The first-order valence-electron chi connectivity index (χ1n) is 9.74. The molecule has 0 unspecified atom stereocenters. The molecular formula is C19H28N6OS. The maximum absolute atomic E-state index is 11.6. The number of anilines is 1. The molecule has 0 aromatic carbocycles. The molecule has 0 atom stereocenters. The number of hydrogen-bond acceptors (Lipinski definition) is 6. The molecule has 0 radical (unpaired) electrons. The van der Waals surface area contributed by atoms with Crippen LogP contribution in [-0.2, 0) is 11.3 Å². The van der Waals surface area contributed by atoms with Gasteiger partial charge in [0.15, 0.2) is 10.8 Å². The molecule has 146 valence electrons. The van der Waals surface area contributed by atoms with Gasteiger partial charge in [0.25, 0.3) is 0 Å². The Labute approximate surface area is 164 Å². The average molecular weight is 389 g/mol. The van der Waals surface area contributed by atoms with Gasteiger partial charge in [-0.05, 0) is 38.7 Å². The maximum Gasteiger partial charge on any atom is 0.243 e. The lowest BCUT2D eigenvalue weighted by molar-refractivity contribution is -0.116. The van der Waals surface area contributed by atoms with E-state index in [0.717, 1.165) is 47.3 Å². The summed E-state index contributed by atoms with van der Waals surface area (Å²) < 4.78 is 1.87. The van der Waals surface area contributed by atoms with Crippen LogP contribution in [0.3, 0.4) is 0 Å². The van der Waals surface area contributed by atoms with Crippen molar-refractivity contribution in [1.82, 2.24) is 25.1 Å². The third kappa shape index (κ3) is 5.00. The molecule has 1 amide bonds. The Kier molecular flexibility index (Phi) is 7.09. The van der Waals surface area contributed by atoms with Crippen molar-refractivity contribution in [2.24, 2.45) is 0 Å². The number of hydrogen-bond donors (Lipinski definition) is 1. The van der Waals surface area contributed by atoms with Gasteiger partial charge in [0, 0.05) is 25.4 Å². The van der Waals surface area contributed by atoms with E-state index in [9.17, 15) is 4.79 Å². The lowest BCUT2D eigenvalue weighted by atomic mass is 10.1. The molecule has 2 aromatic rings. The molecule has 1 fully saturated rings. The number of rotatable bonds is 8. The van der Waals surface area contributed by atoms with Gasteiger partial charge in [-0.3, -0.25) is 4.79 Å². The molecule has 0 spiro atoms. The molecular weight excluding hydrogens is 360 g/mol. The SMILES string of the molecule is C/C=C\C(=O)NCCn1ncc2c(N3CCCCC3)nc(SCCC)nc21. The Hall–Kier alpha value is -2.09. The van der Waals surface area contributed by atoms with Crippen LogP contribution in [0.15, 0.2) is 23.5 Å². The molecule has 1 saturated heterocycles. The highest BCUT2D eigenvalue weighted by molar-refractivity contribution is 7.99. The summed E-state index contributed by atoms with van der Waals surface area (Å²) in [5, 5.41) is 9.20. The minimum absolute atomic E-state index is 0.0863. The predicted molar refractivity (Wildman–Crippen MR) is 110 cm³/mol. The molecule has 3 rings (SSSR count). The second kappa shape index (κ2) is 9.73. The van der Waals surface area contributed by atoms with Crippen molar-refractivity contribution >= 4 is 34.5 Å². The van der Waals surface area contributed by atoms with Gasteiger partial charge in [-0.25, -0.2) is 14.6 Å². The predicted octanol–water partition coefficient (Wildman–Crippen LogP) is 3.01. The molecule has 7 nitrogen and oxygen atoms in total. The minimum Gasteiger partial charge on any atom is -0.356 e. The van der Waals surface area contributed by atoms with E-state index < -0.39 is 0 Å². The molecule has 0 saturated carbocycles. The molecule has 27 heavy (non-hydrogen) atoms. The molecule has 1 aliphatic rings. The zero-order chi connectivity index (χ0) is 19.1. The number of nitrogens with one attached hydrogen (secondary N) is 1. The first-order valence-corrected chi connectivity index (χ1v) is 10.7. The standard InChI is InChI=1S/C19H28N6OS/c1-3-8-16(26)20-9-12-25-18-15(14-21-25)17(24-10-6-5-7-11-24)22-19(23-18)27-13-4-2/h3,8,14H,4-7,9-13H2,1-2H3,(H,20,26)/b8-3-. The highest BCUT2D eigenvalue weighted by Crippen LogP contribution is 2.29. The molecule has 1 N–H and O–H groups in total. The summed E-state index contributed by atoms with van der Waals surface area (Å²) in [5.74, 6) is 1.91. The quantitative estimate of drug-likeness (QED) is 0.426. The van der Waals surface area contributed by atoms with E-state index in [1.54, 1.807) is 17.8 Å². The Morgan fingerprint density at radius 1 is 1.30 bits per heavy atom. The molecule has 0 bridgehead atoms. The summed E-state index contributed by atoms with van der Waals surface area (Å²) in [4.78, 5) is 23.6. The van der Waals surface area contributed by atoms with Gasteiger partial charge in [-0.2, -0.15) is 5.10 Å². The van der Waals surface area contributed by atoms with Gasteiger partial charge in [0.05, 0.1) is 18.1 Å². The van der Waals surface area contributed by atoms with Crippen molar-refractivity contribution in [2.45, 2.75) is 51.2 Å². The number of amides is 1. The minimum atomic E-state index is -0.0863. The second-order valence-electron chi connectivity index (χ2n) is 6.62. The van der Waals surface area contributed by atoms with Gasteiger partial charge in [-0.1, -0.05) is 24.8 Å². The van der Waals surface area contributed by atoms with Gasteiger partial charge in [0.2, 0.25) is 5.91 Å². The Balaban J connectivity index is 1.85. The number of piperidine rings is 1. The highest BCUT2D eigenvalue weighted by atomic mass is 32.2. The van der Waals surface area contributed by atoms with Crippen molar-refractivity contribution in [2.75, 3.05) is 30.3 Å². The van der Waals surface area contributed by atoms with Crippen LogP contribution in [0.1, 0.15) is 39.5 Å². The van der Waals surface area contributed by atoms with E-state index in [1.165, 1.54) is 25.3 Å². The number of fused-ring (bicyclic) bond motifs is 1. The van der Waals surface area contributed by atoms with Crippen LogP contribution in [0.4, 0.5) is 5.82 Å². The van der Waals surface area contributed by atoms with E-state index in [1.807, 2.05) is 17.8 Å². The molecule has 2 aromatic heterocycles. The third-order valence-electron chi connectivity index (χ3n) is 4.49. The van der Waals surface area contributed by atoms with E-state index in [2.05, 4.69) is 22.2 Å². The number of carbonyl (C=O) groups excluding carboxylic acids is 1. The number of nitrogens with zero attached hydrogens (tertiary/aromatic N) is 5. The van der Waals surface area contributed by atoms with Crippen LogP contribution in [-0.4, -0.2) is 51.0 Å². The number of allylic oxidation sites excluding steroid dienone is 1. The van der Waals surface area contributed by atoms with Gasteiger partial charge >= 0.3 is 0 Å². The fourth-order valence-corrected chi connectivity index (χ4v) is 3.87. The molecule has 0 aliphatic carbocycles. The zero-order valence-corrected chi connectivity index (χ0v) is 17.0. The van der Waals surface area contributed by atoms with Crippen LogP contribution >= 0.6 is 11.8 Å². The summed E-state index contributed by atoms with van der Waals surface area (Å²) in [7, 11) is 0. The second-order valence-corrected chi connectivity index (χ2v) is 7.68. The van der Waals surface area contributed by atoms with E-state index in [4.69, 9.17) is 9.97 Å². The Morgan fingerprint density at radius 3 is 2.85 bits per heavy atom. The number of carbonyl (C=O) groups is 1. The number of aromatic nitrogens is 4. The van der Waals surface area contributed by atoms with Crippen molar-refractivity contribution in [3.05, 3.63) is 18.3 Å². The van der Waals surface area contributed by atoms with E-state index in [0.29, 0.717) is 13.1 Å². The van der Waals surface area contributed by atoms with Crippen molar-refractivity contribution in [3.63, 3.8) is 0 Å². The summed E-state index contributed by atoms with van der Waals surface area (Å²) in [6, 6.07) is 0. The zero-order valence-electron chi connectivity index (χ0n) is 16.1. The van der Waals surface area contributed by atoms with Crippen LogP contribution < -0.4 is 10.2 Å².